The Kier molecular flexibility index (Phi) is 5.62. The predicted molar refractivity (Wildman–Crippen MR) is 103 cm³/mol. The lowest BCUT2D eigenvalue weighted by Gasteiger charge is -2.33. The second-order valence-corrected chi connectivity index (χ2v) is 7.53. The maximum Gasteiger partial charge on any atom is 0.269 e. The Bertz CT molecular complexity index is 862. The van der Waals surface area contributed by atoms with Crippen LogP contribution >= 0.6 is 23.2 Å². The number of aromatic nitrogens is 1. The van der Waals surface area contributed by atoms with Crippen molar-refractivity contribution in [3.05, 3.63) is 57.8 Å². The van der Waals surface area contributed by atoms with Gasteiger partial charge in [-0.05, 0) is 43.5 Å². The van der Waals surface area contributed by atoms with Gasteiger partial charge in [0.25, 0.3) is 5.91 Å². The molecule has 1 saturated carbocycles. The van der Waals surface area contributed by atoms with Crippen LogP contribution in [0.5, 0.6) is 0 Å². The van der Waals surface area contributed by atoms with Gasteiger partial charge < -0.3 is 15.0 Å². The largest absolute Gasteiger partial charge is 0.378 e. The molecule has 1 aliphatic carbocycles. The Morgan fingerprint density at radius 1 is 1.38 bits per heavy atom. The molecule has 2 N–H and O–H groups in total. The van der Waals surface area contributed by atoms with Crippen LogP contribution in [0.4, 0.5) is 0 Å². The van der Waals surface area contributed by atoms with Crippen molar-refractivity contribution in [3.8, 4) is 11.8 Å². The zero-order valence-electron chi connectivity index (χ0n) is 14.4. The first-order valence-electron chi connectivity index (χ1n) is 8.49. The smallest absolute Gasteiger partial charge is 0.269 e. The van der Waals surface area contributed by atoms with Gasteiger partial charge in [0.05, 0.1) is 5.02 Å². The second kappa shape index (κ2) is 7.75. The summed E-state index contributed by atoms with van der Waals surface area (Å²) in [4.78, 5) is 12.5. The first-order valence-corrected chi connectivity index (χ1v) is 9.25. The monoisotopic (exact) mass is 390 g/mol. The van der Waals surface area contributed by atoms with Crippen LogP contribution in [0, 0.1) is 11.8 Å². The number of nitrogens with zero attached hydrogens (tertiary/aromatic N) is 1. The summed E-state index contributed by atoms with van der Waals surface area (Å²) in [5, 5.41) is 14.8. The maximum absolute atomic E-state index is 12.5. The maximum atomic E-state index is 12.5. The van der Waals surface area contributed by atoms with Crippen LogP contribution in [-0.4, -0.2) is 27.2 Å². The second-order valence-electron chi connectivity index (χ2n) is 6.68. The number of hydrogen-bond acceptors (Lipinski definition) is 2. The molecule has 1 heterocycles. The third-order valence-electron chi connectivity index (χ3n) is 4.56. The molecular formula is C20H20Cl2N2O2. The van der Waals surface area contributed by atoms with Crippen LogP contribution in [0.3, 0.4) is 0 Å². The van der Waals surface area contributed by atoms with Gasteiger partial charge in [-0.15, -0.1) is 0 Å². The molecular weight excluding hydrogens is 371 g/mol. The van der Waals surface area contributed by atoms with E-state index in [-0.39, 0.29) is 11.9 Å². The zero-order valence-corrected chi connectivity index (χ0v) is 15.9. The van der Waals surface area contributed by atoms with Crippen LogP contribution in [0.2, 0.25) is 10.0 Å². The Balaban J connectivity index is 1.70. The number of halogens is 2. The molecule has 1 amide bonds. The van der Waals surface area contributed by atoms with Crippen LogP contribution in [0.1, 0.15) is 41.7 Å². The van der Waals surface area contributed by atoms with Gasteiger partial charge in [-0.2, -0.15) is 0 Å². The molecule has 2 atom stereocenters. The van der Waals surface area contributed by atoms with Gasteiger partial charge in [0.1, 0.15) is 11.3 Å². The van der Waals surface area contributed by atoms with Crippen molar-refractivity contribution >= 4 is 29.1 Å². The molecule has 0 spiro atoms. The fraction of sp³-hybridized carbons (Fsp3) is 0.350. The number of aryl methyl sites for hydroxylation is 1. The van der Waals surface area contributed by atoms with E-state index < -0.39 is 5.60 Å². The number of rotatable bonds is 2. The van der Waals surface area contributed by atoms with Gasteiger partial charge in [-0.1, -0.05) is 41.1 Å². The summed E-state index contributed by atoms with van der Waals surface area (Å²) in [6.07, 6.45) is 4.29. The predicted octanol–water partition coefficient (Wildman–Crippen LogP) is 3.79. The lowest BCUT2D eigenvalue weighted by Crippen LogP contribution is -2.45. The molecule has 0 saturated heterocycles. The fourth-order valence-electron chi connectivity index (χ4n) is 3.27. The molecule has 0 radical (unpaired) electrons. The normalized spacial score (nSPS) is 22.4. The fourth-order valence-corrected chi connectivity index (χ4v) is 3.73. The first-order chi connectivity index (χ1) is 12.4. The van der Waals surface area contributed by atoms with Gasteiger partial charge >= 0.3 is 0 Å². The summed E-state index contributed by atoms with van der Waals surface area (Å²) in [5.74, 6) is 5.72. The number of benzene rings is 1. The Labute approximate surface area is 163 Å². The molecule has 1 fully saturated rings. The molecule has 26 heavy (non-hydrogen) atoms. The van der Waals surface area contributed by atoms with Gasteiger partial charge in [0, 0.05) is 36.3 Å². The standard InChI is InChI=1S/C20H20Cl2N2O2/c1-24-11-8-17(22)18(24)19(25)23-16-6-3-9-20(26,13-16)10-7-14-4-2-5-15(21)12-14/h2,4-5,8,11-12,16,26H,3,6,9,13H2,1H3,(H,23,25)/t16-,20+/m1/s1. The van der Waals surface area contributed by atoms with E-state index in [2.05, 4.69) is 17.2 Å². The zero-order chi connectivity index (χ0) is 18.7. The average Bonchev–Trinajstić information content (AvgIpc) is 2.92. The number of aliphatic hydroxyl groups is 1. The van der Waals surface area contributed by atoms with Crippen molar-refractivity contribution in [2.45, 2.75) is 37.3 Å². The van der Waals surface area contributed by atoms with Crippen LogP contribution in [-0.2, 0) is 7.05 Å². The summed E-state index contributed by atoms with van der Waals surface area (Å²) < 4.78 is 1.69. The van der Waals surface area contributed by atoms with E-state index in [1.165, 1.54) is 0 Å². The van der Waals surface area contributed by atoms with Gasteiger partial charge in [0.15, 0.2) is 0 Å². The van der Waals surface area contributed by atoms with Gasteiger partial charge in [-0.3, -0.25) is 4.79 Å². The van der Waals surface area contributed by atoms with E-state index >= 15 is 0 Å². The Morgan fingerprint density at radius 2 is 2.19 bits per heavy atom. The molecule has 2 aromatic rings. The summed E-state index contributed by atoms with van der Waals surface area (Å²) in [6.45, 7) is 0. The van der Waals surface area contributed by atoms with E-state index in [4.69, 9.17) is 23.2 Å². The minimum Gasteiger partial charge on any atom is -0.378 e. The molecule has 0 unspecified atom stereocenters. The highest BCUT2D eigenvalue weighted by Crippen LogP contribution is 2.28. The van der Waals surface area contributed by atoms with E-state index in [0.29, 0.717) is 28.6 Å². The van der Waals surface area contributed by atoms with Crippen LogP contribution in [0.15, 0.2) is 36.5 Å². The summed E-state index contributed by atoms with van der Waals surface area (Å²) >= 11 is 12.0. The number of carbonyl (C=O) groups excluding carboxylic acids is 1. The number of carbonyl (C=O) groups is 1. The van der Waals surface area contributed by atoms with Crippen molar-refractivity contribution < 1.29 is 9.90 Å². The minimum absolute atomic E-state index is 0.152. The third-order valence-corrected chi connectivity index (χ3v) is 5.10. The van der Waals surface area contributed by atoms with Crippen molar-refractivity contribution in [1.29, 1.82) is 0 Å². The molecule has 0 aliphatic heterocycles. The third kappa shape index (κ3) is 4.42. The summed E-state index contributed by atoms with van der Waals surface area (Å²) in [6, 6.07) is 8.75. The molecule has 4 nitrogen and oxygen atoms in total. The van der Waals surface area contributed by atoms with Crippen molar-refractivity contribution in [1.82, 2.24) is 9.88 Å². The van der Waals surface area contributed by atoms with Crippen LogP contribution < -0.4 is 5.32 Å². The lowest BCUT2D eigenvalue weighted by molar-refractivity contribution is 0.0451. The Morgan fingerprint density at radius 3 is 2.88 bits per heavy atom. The Hall–Kier alpha value is -1.93. The SMILES string of the molecule is Cn1ccc(Cl)c1C(=O)N[C@@H]1CCC[C@](O)(C#Cc2cccc(Cl)c2)C1. The molecule has 1 aliphatic rings. The summed E-state index contributed by atoms with van der Waals surface area (Å²) in [5.41, 5.74) is 0.0507. The molecule has 6 heteroatoms. The molecule has 1 aromatic heterocycles. The highest BCUT2D eigenvalue weighted by Gasteiger charge is 2.34. The lowest BCUT2D eigenvalue weighted by atomic mass is 9.82. The van der Waals surface area contributed by atoms with Gasteiger partial charge in [0.2, 0.25) is 0 Å². The van der Waals surface area contributed by atoms with Crippen molar-refractivity contribution in [2.24, 2.45) is 7.05 Å². The summed E-state index contributed by atoms with van der Waals surface area (Å²) in [7, 11) is 1.77. The van der Waals surface area contributed by atoms with E-state index in [0.717, 1.165) is 18.4 Å². The molecule has 136 valence electrons. The number of hydrogen-bond donors (Lipinski definition) is 2. The molecule has 1 aromatic carbocycles. The van der Waals surface area contributed by atoms with E-state index in [1.54, 1.807) is 36.0 Å². The van der Waals surface area contributed by atoms with E-state index in [9.17, 15) is 9.90 Å². The average molecular weight is 391 g/mol. The highest BCUT2D eigenvalue weighted by molar-refractivity contribution is 6.33. The van der Waals surface area contributed by atoms with Crippen molar-refractivity contribution in [2.75, 3.05) is 0 Å². The minimum atomic E-state index is -1.13. The van der Waals surface area contributed by atoms with E-state index in [1.807, 2.05) is 12.1 Å². The highest BCUT2D eigenvalue weighted by atomic mass is 35.5. The van der Waals surface area contributed by atoms with Crippen molar-refractivity contribution in [3.63, 3.8) is 0 Å². The topological polar surface area (TPSA) is 54.3 Å². The number of amides is 1. The van der Waals surface area contributed by atoms with Crippen LogP contribution in [0.25, 0.3) is 0 Å². The molecule has 3 rings (SSSR count). The molecule has 0 bridgehead atoms. The van der Waals surface area contributed by atoms with Gasteiger partial charge in [-0.25, -0.2) is 0 Å². The first kappa shape index (κ1) is 18.8. The quantitative estimate of drug-likeness (QED) is 0.766. The number of nitrogens with one attached hydrogen (secondary N) is 1.